The Hall–Kier alpha value is -3.68. The van der Waals surface area contributed by atoms with Crippen LogP contribution in [0.15, 0.2) is 48.7 Å². The third kappa shape index (κ3) is 5.81. The second-order valence-electron chi connectivity index (χ2n) is 9.04. The van der Waals surface area contributed by atoms with E-state index in [9.17, 15) is 9.59 Å². The van der Waals surface area contributed by atoms with Gasteiger partial charge in [-0.25, -0.2) is 4.79 Å². The Balaban J connectivity index is 1.88. The number of rotatable bonds is 8. The van der Waals surface area contributed by atoms with Crippen molar-refractivity contribution in [2.75, 3.05) is 20.8 Å². The molecule has 2 atom stereocenters. The number of aromatic amines is 1. The monoisotopic (exact) mass is 467 g/mol. The minimum absolute atomic E-state index is 0.237. The van der Waals surface area contributed by atoms with E-state index in [1.807, 2.05) is 48.7 Å². The van der Waals surface area contributed by atoms with Crippen LogP contribution in [-0.4, -0.2) is 49.4 Å². The fourth-order valence-electron chi connectivity index (χ4n) is 3.86. The Morgan fingerprint density at radius 3 is 2.41 bits per heavy atom. The normalized spacial score (nSPS) is 13.1. The number of aromatic nitrogens is 1. The zero-order chi connectivity index (χ0) is 24.9. The highest BCUT2D eigenvalue weighted by Gasteiger charge is 2.26. The minimum atomic E-state index is -0.773. The van der Waals surface area contributed by atoms with E-state index in [1.54, 1.807) is 41.9 Å². The van der Waals surface area contributed by atoms with Gasteiger partial charge >= 0.3 is 6.09 Å². The SMILES string of the molecule is COc1cccc(C(CNC(=O)[C@@H](C)NC(=O)OC(C)(C)C)c2c[nH]c3ccccc23)c1OC. The van der Waals surface area contributed by atoms with E-state index in [0.29, 0.717) is 11.5 Å². The number of hydrogen-bond donors (Lipinski definition) is 3. The first-order valence-corrected chi connectivity index (χ1v) is 11.2. The molecule has 0 saturated heterocycles. The summed E-state index contributed by atoms with van der Waals surface area (Å²) in [6.45, 7) is 7.20. The van der Waals surface area contributed by atoms with Crippen LogP contribution in [0.1, 0.15) is 44.7 Å². The highest BCUT2D eigenvalue weighted by atomic mass is 16.6. The summed E-state index contributed by atoms with van der Waals surface area (Å²) in [6, 6.07) is 12.9. The van der Waals surface area contributed by atoms with Gasteiger partial charge in [0.05, 0.1) is 14.2 Å². The number of amides is 2. The van der Waals surface area contributed by atoms with Gasteiger partial charge in [-0.3, -0.25) is 4.79 Å². The lowest BCUT2D eigenvalue weighted by Crippen LogP contribution is -2.47. The van der Waals surface area contributed by atoms with Gasteiger partial charge in [-0.15, -0.1) is 0 Å². The van der Waals surface area contributed by atoms with Crippen molar-refractivity contribution < 1.29 is 23.8 Å². The van der Waals surface area contributed by atoms with Crippen molar-refractivity contribution in [3.63, 3.8) is 0 Å². The number of nitrogens with one attached hydrogen (secondary N) is 3. The van der Waals surface area contributed by atoms with E-state index < -0.39 is 17.7 Å². The number of ether oxygens (including phenoxy) is 3. The van der Waals surface area contributed by atoms with Gasteiger partial charge in [0.2, 0.25) is 5.91 Å². The van der Waals surface area contributed by atoms with E-state index in [2.05, 4.69) is 15.6 Å². The van der Waals surface area contributed by atoms with Gasteiger partial charge < -0.3 is 29.8 Å². The third-order valence-electron chi connectivity index (χ3n) is 5.41. The van der Waals surface area contributed by atoms with Gasteiger partial charge in [0.1, 0.15) is 11.6 Å². The Labute approximate surface area is 200 Å². The molecule has 0 bridgehead atoms. The van der Waals surface area contributed by atoms with Crippen molar-refractivity contribution in [2.45, 2.75) is 45.3 Å². The zero-order valence-electron chi connectivity index (χ0n) is 20.5. The van der Waals surface area contributed by atoms with Crippen LogP contribution in [-0.2, 0) is 9.53 Å². The van der Waals surface area contributed by atoms with E-state index in [4.69, 9.17) is 14.2 Å². The van der Waals surface area contributed by atoms with Gasteiger partial charge in [-0.2, -0.15) is 0 Å². The molecular weight excluding hydrogens is 434 g/mol. The molecule has 0 aliphatic carbocycles. The van der Waals surface area contributed by atoms with Crippen LogP contribution in [0.3, 0.4) is 0 Å². The van der Waals surface area contributed by atoms with Crippen LogP contribution in [0.2, 0.25) is 0 Å². The van der Waals surface area contributed by atoms with Crippen LogP contribution in [0.25, 0.3) is 10.9 Å². The summed E-state index contributed by atoms with van der Waals surface area (Å²) in [7, 11) is 3.19. The molecule has 3 aromatic rings. The lowest BCUT2D eigenvalue weighted by molar-refractivity contribution is -0.122. The predicted octanol–water partition coefficient (Wildman–Crippen LogP) is 4.35. The van der Waals surface area contributed by atoms with Crippen LogP contribution in [0, 0.1) is 0 Å². The van der Waals surface area contributed by atoms with Crippen molar-refractivity contribution in [1.29, 1.82) is 0 Å². The number of H-pyrrole nitrogens is 1. The lowest BCUT2D eigenvalue weighted by atomic mass is 9.89. The van der Waals surface area contributed by atoms with Gasteiger partial charge in [-0.1, -0.05) is 30.3 Å². The highest BCUT2D eigenvalue weighted by Crippen LogP contribution is 2.40. The Kier molecular flexibility index (Phi) is 7.71. The number of carbonyl (C=O) groups excluding carboxylic acids is 2. The van der Waals surface area contributed by atoms with Gasteiger partial charge in [0.25, 0.3) is 0 Å². The summed E-state index contributed by atoms with van der Waals surface area (Å²) >= 11 is 0. The van der Waals surface area contributed by atoms with Crippen molar-refractivity contribution in [1.82, 2.24) is 15.6 Å². The number of hydrogen-bond acceptors (Lipinski definition) is 5. The maximum absolute atomic E-state index is 12.8. The number of para-hydroxylation sites is 2. The lowest BCUT2D eigenvalue weighted by Gasteiger charge is -2.24. The first-order valence-electron chi connectivity index (χ1n) is 11.2. The zero-order valence-corrected chi connectivity index (χ0v) is 20.5. The molecular formula is C26H33N3O5. The van der Waals surface area contributed by atoms with Crippen LogP contribution >= 0.6 is 0 Å². The molecule has 0 fully saturated rings. The fourth-order valence-corrected chi connectivity index (χ4v) is 3.86. The molecule has 2 aromatic carbocycles. The van der Waals surface area contributed by atoms with E-state index in [0.717, 1.165) is 22.0 Å². The summed E-state index contributed by atoms with van der Waals surface area (Å²) in [4.78, 5) is 28.2. The second kappa shape index (κ2) is 10.5. The molecule has 2 amide bonds. The molecule has 1 heterocycles. The second-order valence-corrected chi connectivity index (χ2v) is 9.04. The molecule has 1 aromatic heterocycles. The first kappa shape index (κ1) is 25.0. The molecule has 0 aliphatic rings. The molecule has 0 spiro atoms. The Morgan fingerprint density at radius 1 is 1.00 bits per heavy atom. The van der Waals surface area contributed by atoms with Gasteiger partial charge in [-0.05, 0) is 45.4 Å². The van der Waals surface area contributed by atoms with Gasteiger partial charge in [0.15, 0.2) is 11.5 Å². The summed E-state index contributed by atoms with van der Waals surface area (Å²) in [6.07, 6.45) is 1.31. The maximum Gasteiger partial charge on any atom is 0.408 e. The standard InChI is InChI=1S/C26H33N3O5/c1-16(29-25(31)34-26(2,3)4)24(30)28-15-20(18-11-9-13-22(32-5)23(18)33-6)19-14-27-21-12-8-7-10-17(19)21/h7-14,16,20,27H,15H2,1-6H3,(H,28,30)(H,29,31)/t16-,20?/m1/s1. The molecule has 8 nitrogen and oxygen atoms in total. The van der Waals surface area contributed by atoms with Crippen molar-refractivity contribution >= 4 is 22.9 Å². The number of methoxy groups -OCH3 is 2. The van der Waals surface area contributed by atoms with Crippen molar-refractivity contribution in [3.05, 3.63) is 59.8 Å². The van der Waals surface area contributed by atoms with E-state index in [1.165, 1.54) is 0 Å². The molecule has 0 saturated carbocycles. The quantitative estimate of drug-likeness (QED) is 0.457. The number of alkyl carbamates (subject to hydrolysis) is 1. The largest absolute Gasteiger partial charge is 0.493 e. The molecule has 3 rings (SSSR count). The summed E-state index contributed by atoms with van der Waals surface area (Å²) in [5.74, 6) is 0.655. The van der Waals surface area contributed by atoms with E-state index in [-0.39, 0.29) is 18.4 Å². The topological polar surface area (TPSA) is 102 Å². The van der Waals surface area contributed by atoms with Crippen LogP contribution < -0.4 is 20.1 Å². The predicted molar refractivity (Wildman–Crippen MR) is 132 cm³/mol. The van der Waals surface area contributed by atoms with Crippen LogP contribution in [0.5, 0.6) is 11.5 Å². The Morgan fingerprint density at radius 2 is 1.74 bits per heavy atom. The van der Waals surface area contributed by atoms with Crippen LogP contribution in [0.4, 0.5) is 4.79 Å². The number of carbonyl (C=O) groups is 2. The molecule has 34 heavy (non-hydrogen) atoms. The minimum Gasteiger partial charge on any atom is -0.493 e. The molecule has 3 N–H and O–H groups in total. The maximum atomic E-state index is 12.8. The molecule has 0 radical (unpaired) electrons. The molecule has 1 unspecified atom stereocenters. The average Bonchev–Trinajstić information content (AvgIpc) is 3.21. The summed E-state index contributed by atoms with van der Waals surface area (Å²) < 4.78 is 16.4. The summed E-state index contributed by atoms with van der Waals surface area (Å²) in [5.41, 5.74) is 2.23. The first-order chi connectivity index (χ1) is 16.1. The average molecular weight is 468 g/mol. The Bertz CT molecular complexity index is 1150. The molecule has 8 heteroatoms. The third-order valence-corrected chi connectivity index (χ3v) is 5.41. The summed E-state index contributed by atoms with van der Waals surface area (Å²) in [5, 5.41) is 6.60. The highest BCUT2D eigenvalue weighted by molar-refractivity contribution is 5.86. The number of fused-ring (bicyclic) bond motifs is 1. The molecule has 0 aliphatic heterocycles. The number of benzene rings is 2. The molecule has 182 valence electrons. The van der Waals surface area contributed by atoms with Gasteiger partial charge in [0, 0.05) is 35.1 Å². The van der Waals surface area contributed by atoms with Crippen molar-refractivity contribution in [2.24, 2.45) is 0 Å². The van der Waals surface area contributed by atoms with E-state index >= 15 is 0 Å². The smallest absolute Gasteiger partial charge is 0.408 e. The van der Waals surface area contributed by atoms with Crippen molar-refractivity contribution in [3.8, 4) is 11.5 Å². The fraction of sp³-hybridized carbons (Fsp3) is 0.385.